The molecule has 1 N–H and O–H groups in total. The summed E-state index contributed by atoms with van der Waals surface area (Å²) < 4.78 is 0. The summed E-state index contributed by atoms with van der Waals surface area (Å²) in [5.41, 5.74) is 2.61. The highest BCUT2D eigenvalue weighted by Crippen LogP contribution is 2.40. The first-order chi connectivity index (χ1) is 9.78. The van der Waals surface area contributed by atoms with E-state index in [9.17, 15) is 0 Å². The SMILES string of the molecule is CNCC1CCC(C)CC1c1ccc2cccnc2c1. The fraction of sp³-hybridized carbons (Fsp3) is 0.500. The van der Waals surface area contributed by atoms with E-state index < -0.39 is 0 Å². The van der Waals surface area contributed by atoms with E-state index in [0.717, 1.165) is 23.9 Å². The zero-order valence-corrected chi connectivity index (χ0v) is 12.5. The average molecular weight is 268 g/mol. The van der Waals surface area contributed by atoms with Gasteiger partial charge in [-0.3, -0.25) is 4.98 Å². The van der Waals surface area contributed by atoms with Crippen molar-refractivity contribution in [1.82, 2.24) is 10.3 Å². The normalized spacial score (nSPS) is 26.8. The summed E-state index contributed by atoms with van der Waals surface area (Å²) in [6, 6.07) is 11.0. The standard InChI is InChI=1S/C18H24N2/c1-13-5-6-16(12-19-2)17(10-13)15-8-7-14-4-3-9-20-18(14)11-15/h3-4,7-9,11,13,16-17,19H,5-6,10,12H2,1-2H3. The third kappa shape index (κ3) is 2.71. The minimum Gasteiger partial charge on any atom is -0.319 e. The molecule has 3 rings (SSSR count). The summed E-state index contributed by atoms with van der Waals surface area (Å²) in [7, 11) is 2.07. The van der Waals surface area contributed by atoms with Gasteiger partial charge in [-0.15, -0.1) is 0 Å². The van der Waals surface area contributed by atoms with Crippen molar-refractivity contribution in [2.24, 2.45) is 11.8 Å². The van der Waals surface area contributed by atoms with Crippen LogP contribution >= 0.6 is 0 Å². The maximum Gasteiger partial charge on any atom is 0.0704 e. The van der Waals surface area contributed by atoms with E-state index in [1.807, 2.05) is 12.3 Å². The Labute approximate surface area is 121 Å². The summed E-state index contributed by atoms with van der Waals surface area (Å²) in [6.45, 7) is 3.51. The highest BCUT2D eigenvalue weighted by atomic mass is 14.8. The van der Waals surface area contributed by atoms with Gasteiger partial charge < -0.3 is 5.32 Å². The molecule has 2 aromatic rings. The van der Waals surface area contributed by atoms with Crippen molar-refractivity contribution < 1.29 is 0 Å². The number of fused-ring (bicyclic) bond motifs is 1. The Balaban J connectivity index is 1.93. The van der Waals surface area contributed by atoms with Gasteiger partial charge in [0.15, 0.2) is 0 Å². The molecule has 0 radical (unpaired) electrons. The number of nitrogens with one attached hydrogen (secondary N) is 1. The number of aromatic nitrogens is 1. The van der Waals surface area contributed by atoms with Crippen molar-refractivity contribution in [3.05, 3.63) is 42.1 Å². The predicted molar refractivity (Wildman–Crippen MR) is 84.9 cm³/mol. The number of nitrogens with zero attached hydrogens (tertiary/aromatic N) is 1. The second-order valence-corrected chi connectivity index (χ2v) is 6.30. The Morgan fingerprint density at radius 3 is 3.00 bits per heavy atom. The van der Waals surface area contributed by atoms with Crippen LogP contribution in [0.15, 0.2) is 36.5 Å². The Bertz CT molecular complexity index is 578. The lowest BCUT2D eigenvalue weighted by Crippen LogP contribution is -2.29. The van der Waals surface area contributed by atoms with Crippen molar-refractivity contribution in [3.8, 4) is 0 Å². The molecule has 1 aromatic heterocycles. The molecule has 2 heteroatoms. The van der Waals surface area contributed by atoms with Crippen LogP contribution in [0.4, 0.5) is 0 Å². The molecule has 0 spiro atoms. The van der Waals surface area contributed by atoms with E-state index in [1.165, 1.54) is 30.2 Å². The number of hydrogen-bond donors (Lipinski definition) is 1. The first kappa shape index (κ1) is 13.6. The third-order valence-corrected chi connectivity index (χ3v) is 4.78. The molecule has 3 atom stereocenters. The van der Waals surface area contributed by atoms with Gasteiger partial charge in [0.2, 0.25) is 0 Å². The Hall–Kier alpha value is -1.41. The van der Waals surface area contributed by atoms with E-state index in [1.54, 1.807) is 0 Å². The van der Waals surface area contributed by atoms with Crippen LogP contribution in [0.2, 0.25) is 0 Å². The Morgan fingerprint density at radius 2 is 2.15 bits per heavy atom. The molecule has 1 aliphatic carbocycles. The van der Waals surface area contributed by atoms with Gasteiger partial charge in [0.25, 0.3) is 0 Å². The van der Waals surface area contributed by atoms with Crippen LogP contribution in [0, 0.1) is 11.8 Å². The summed E-state index contributed by atoms with van der Waals surface area (Å²) in [4.78, 5) is 4.51. The lowest BCUT2D eigenvalue weighted by molar-refractivity contribution is 0.245. The summed E-state index contributed by atoms with van der Waals surface area (Å²) in [6.07, 6.45) is 5.91. The minimum absolute atomic E-state index is 0.678. The number of benzene rings is 1. The van der Waals surface area contributed by atoms with Gasteiger partial charge in [0.05, 0.1) is 5.52 Å². The molecule has 1 aliphatic rings. The van der Waals surface area contributed by atoms with Crippen molar-refractivity contribution in [2.75, 3.05) is 13.6 Å². The van der Waals surface area contributed by atoms with E-state index in [0.29, 0.717) is 5.92 Å². The molecular formula is C18H24N2. The molecule has 3 unspecified atom stereocenters. The maximum atomic E-state index is 4.51. The molecule has 20 heavy (non-hydrogen) atoms. The van der Waals surface area contributed by atoms with Crippen LogP contribution < -0.4 is 5.32 Å². The summed E-state index contributed by atoms with van der Waals surface area (Å²) >= 11 is 0. The average Bonchev–Trinajstić information content (AvgIpc) is 2.49. The molecule has 1 aromatic carbocycles. The molecule has 0 bridgehead atoms. The maximum absolute atomic E-state index is 4.51. The van der Waals surface area contributed by atoms with Crippen molar-refractivity contribution in [1.29, 1.82) is 0 Å². The van der Waals surface area contributed by atoms with E-state index in [4.69, 9.17) is 0 Å². The third-order valence-electron chi connectivity index (χ3n) is 4.78. The Kier molecular flexibility index (Phi) is 4.02. The molecule has 1 fully saturated rings. The monoisotopic (exact) mass is 268 g/mol. The number of pyridine rings is 1. The molecule has 2 nitrogen and oxygen atoms in total. The lowest BCUT2D eigenvalue weighted by atomic mass is 9.71. The van der Waals surface area contributed by atoms with Crippen LogP contribution in [0.1, 0.15) is 37.7 Å². The quantitative estimate of drug-likeness (QED) is 0.911. The van der Waals surface area contributed by atoms with E-state index >= 15 is 0 Å². The topological polar surface area (TPSA) is 24.9 Å². The number of rotatable bonds is 3. The zero-order valence-electron chi connectivity index (χ0n) is 12.5. The van der Waals surface area contributed by atoms with Gasteiger partial charge in [-0.05, 0) is 61.9 Å². The van der Waals surface area contributed by atoms with Crippen LogP contribution in [0.25, 0.3) is 10.9 Å². The lowest BCUT2D eigenvalue weighted by Gasteiger charge is -2.35. The van der Waals surface area contributed by atoms with Gasteiger partial charge >= 0.3 is 0 Å². The fourth-order valence-electron chi connectivity index (χ4n) is 3.67. The summed E-state index contributed by atoms with van der Waals surface area (Å²) in [5, 5.41) is 4.61. The van der Waals surface area contributed by atoms with Crippen LogP contribution in [-0.4, -0.2) is 18.6 Å². The highest BCUT2D eigenvalue weighted by Gasteiger charge is 2.29. The fourth-order valence-corrected chi connectivity index (χ4v) is 3.67. The van der Waals surface area contributed by atoms with Crippen molar-refractivity contribution >= 4 is 10.9 Å². The smallest absolute Gasteiger partial charge is 0.0704 e. The molecule has 1 saturated carbocycles. The molecule has 0 aliphatic heterocycles. The highest BCUT2D eigenvalue weighted by molar-refractivity contribution is 5.79. The molecule has 0 saturated heterocycles. The van der Waals surface area contributed by atoms with Gasteiger partial charge in [0.1, 0.15) is 0 Å². The van der Waals surface area contributed by atoms with E-state index in [-0.39, 0.29) is 0 Å². The first-order valence-electron chi connectivity index (χ1n) is 7.77. The molecule has 106 valence electrons. The second-order valence-electron chi connectivity index (χ2n) is 6.30. The second kappa shape index (κ2) is 5.92. The minimum atomic E-state index is 0.678. The van der Waals surface area contributed by atoms with Gasteiger partial charge in [-0.1, -0.05) is 31.5 Å². The van der Waals surface area contributed by atoms with Crippen LogP contribution in [0.5, 0.6) is 0 Å². The summed E-state index contributed by atoms with van der Waals surface area (Å²) in [5.74, 6) is 2.28. The van der Waals surface area contributed by atoms with Crippen molar-refractivity contribution in [2.45, 2.75) is 32.1 Å². The molecular weight excluding hydrogens is 244 g/mol. The zero-order chi connectivity index (χ0) is 13.9. The van der Waals surface area contributed by atoms with Gasteiger partial charge in [-0.25, -0.2) is 0 Å². The predicted octanol–water partition coefficient (Wildman–Crippen LogP) is 3.97. The first-order valence-corrected chi connectivity index (χ1v) is 7.77. The Morgan fingerprint density at radius 1 is 1.25 bits per heavy atom. The van der Waals surface area contributed by atoms with Crippen LogP contribution in [-0.2, 0) is 0 Å². The largest absolute Gasteiger partial charge is 0.319 e. The van der Waals surface area contributed by atoms with Crippen molar-refractivity contribution in [3.63, 3.8) is 0 Å². The number of hydrogen-bond acceptors (Lipinski definition) is 2. The molecule has 0 amide bonds. The molecule has 1 heterocycles. The van der Waals surface area contributed by atoms with Gasteiger partial charge in [0, 0.05) is 11.6 Å². The van der Waals surface area contributed by atoms with E-state index in [2.05, 4.69) is 48.5 Å². The van der Waals surface area contributed by atoms with Gasteiger partial charge in [-0.2, -0.15) is 0 Å². The van der Waals surface area contributed by atoms with Crippen LogP contribution in [0.3, 0.4) is 0 Å².